The van der Waals surface area contributed by atoms with E-state index < -0.39 is 0 Å². The van der Waals surface area contributed by atoms with Gasteiger partial charge in [0.25, 0.3) is 0 Å². The Morgan fingerprint density at radius 3 is 2.48 bits per heavy atom. The van der Waals surface area contributed by atoms with Gasteiger partial charge in [-0.25, -0.2) is 0 Å². The predicted octanol–water partition coefficient (Wildman–Crippen LogP) is 4.28. The molecule has 1 aromatic heterocycles. The standard InChI is InChI=1S/C22H27N3/c1-15-6-4-7-16(2)20(15)17(3)24-21(18-8-5-13-23-14-18)22-11-9-19(25-22)10-12-22/h4-8,13-14,19,21,24-25H,3,9-12H2,1-2H3. The second-order valence-corrected chi connectivity index (χ2v) is 7.68. The zero-order valence-corrected chi connectivity index (χ0v) is 15.2. The maximum atomic E-state index is 4.40. The Balaban J connectivity index is 1.69. The van der Waals surface area contributed by atoms with Crippen LogP contribution in [0, 0.1) is 13.8 Å². The molecule has 4 rings (SSSR count). The number of hydrogen-bond donors (Lipinski definition) is 2. The fraction of sp³-hybridized carbons (Fsp3) is 0.409. The van der Waals surface area contributed by atoms with E-state index in [1.165, 1.54) is 47.9 Å². The van der Waals surface area contributed by atoms with E-state index in [9.17, 15) is 0 Å². The number of aromatic nitrogens is 1. The van der Waals surface area contributed by atoms with E-state index in [1.54, 1.807) is 0 Å². The lowest BCUT2D eigenvalue weighted by atomic mass is 9.79. The van der Waals surface area contributed by atoms with Gasteiger partial charge in [0.05, 0.1) is 6.04 Å². The summed E-state index contributed by atoms with van der Waals surface area (Å²) in [6.45, 7) is 8.72. The fourth-order valence-corrected chi connectivity index (χ4v) is 4.82. The van der Waals surface area contributed by atoms with Gasteiger partial charge in [0, 0.05) is 35.2 Å². The summed E-state index contributed by atoms with van der Waals surface area (Å²) in [5, 5.41) is 7.69. The van der Waals surface area contributed by atoms with Gasteiger partial charge in [-0.2, -0.15) is 0 Å². The number of benzene rings is 1. The molecule has 2 aromatic rings. The van der Waals surface area contributed by atoms with Gasteiger partial charge in [0.1, 0.15) is 0 Å². The van der Waals surface area contributed by atoms with Crippen LogP contribution in [0.1, 0.15) is 54.0 Å². The summed E-state index contributed by atoms with van der Waals surface area (Å²) in [6, 6.07) is 11.5. The SMILES string of the molecule is C=C(NC(c1cccnc1)C12CCC(CC1)N2)c1c(C)cccc1C. The Morgan fingerprint density at radius 1 is 1.20 bits per heavy atom. The third-order valence-corrected chi connectivity index (χ3v) is 6.04. The molecule has 2 aliphatic rings. The molecule has 2 bridgehead atoms. The van der Waals surface area contributed by atoms with Crippen molar-refractivity contribution in [3.63, 3.8) is 0 Å². The van der Waals surface area contributed by atoms with E-state index in [-0.39, 0.29) is 11.6 Å². The van der Waals surface area contributed by atoms with Crippen LogP contribution >= 0.6 is 0 Å². The molecule has 1 atom stereocenters. The lowest BCUT2D eigenvalue weighted by Gasteiger charge is -2.38. The summed E-state index contributed by atoms with van der Waals surface area (Å²) < 4.78 is 0. The minimum atomic E-state index is 0.118. The predicted molar refractivity (Wildman–Crippen MR) is 103 cm³/mol. The molecule has 0 saturated carbocycles. The average Bonchev–Trinajstić information content (AvgIpc) is 3.22. The van der Waals surface area contributed by atoms with Crippen LogP contribution in [0.25, 0.3) is 5.70 Å². The molecule has 0 spiro atoms. The van der Waals surface area contributed by atoms with Crippen LogP contribution in [0.2, 0.25) is 0 Å². The maximum absolute atomic E-state index is 4.40. The third kappa shape index (κ3) is 2.87. The Hall–Kier alpha value is -2.13. The van der Waals surface area contributed by atoms with Crippen LogP contribution in [-0.2, 0) is 0 Å². The van der Waals surface area contributed by atoms with Crippen molar-refractivity contribution in [2.24, 2.45) is 0 Å². The molecule has 3 nitrogen and oxygen atoms in total. The van der Waals surface area contributed by atoms with Crippen molar-refractivity contribution in [2.45, 2.75) is 57.2 Å². The second kappa shape index (κ2) is 6.30. The van der Waals surface area contributed by atoms with Crippen molar-refractivity contribution in [1.82, 2.24) is 15.6 Å². The van der Waals surface area contributed by atoms with Crippen LogP contribution in [0.15, 0.2) is 49.3 Å². The lowest BCUT2D eigenvalue weighted by Crippen LogP contribution is -2.48. The quantitative estimate of drug-likeness (QED) is 0.857. The van der Waals surface area contributed by atoms with E-state index in [0.29, 0.717) is 6.04 Å². The normalized spacial score (nSPS) is 25.8. The van der Waals surface area contributed by atoms with Crippen molar-refractivity contribution in [3.8, 4) is 0 Å². The average molecular weight is 333 g/mol. The largest absolute Gasteiger partial charge is 0.376 e. The summed E-state index contributed by atoms with van der Waals surface area (Å²) in [6.07, 6.45) is 8.81. The number of rotatable bonds is 5. The van der Waals surface area contributed by atoms with Crippen molar-refractivity contribution < 1.29 is 0 Å². The van der Waals surface area contributed by atoms with Gasteiger partial charge in [-0.1, -0.05) is 30.8 Å². The Labute approximate surface area is 150 Å². The molecule has 0 aliphatic carbocycles. The molecule has 3 heteroatoms. The molecule has 2 aliphatic heterocycles. The summed E-state index contributed by atoms with van der Waals surface area (Å²) >= 11 is 0. The number of aryl methyl sites for hydroxylation is 2. The molecule has 25 heavy (non-hydrogen) atoms. The first-order valence-corrected chi connectivity index (χ1v) is 9.29. The molecule has 1 unspecified atom stereocenters. The van der Waals surface area contributed by atoms with Gasteiger partial charge in [-0.3, -0.25) is 4.98 Å². The van der Waals surface area contributed by atoms with Crippen molar-refractivity contribution in [1.29, 1.82) is 0 Å². The van der Waals surface area contributed by atoms with Gasteiger partial charge in [0.2, 0.25) is 0 Å². The molecular formula is C22H27N3. The van der Waals surface area contributed by atoms with Gasteiger partial charge in [-0.15, -0.1) is 0 Å². The monoisotopic (exact) mass is 333 g/mol. The minimum absolute atomic E-state index is 0.118. The van der Waals surface area contributed by atoms with Crippen LogP contribution in [0.3, 0.4) is 0 Å². The summed E-state index contributed by atoms with van der Waals surface area (Å²) in [7, 11) is 0. The second-order valence-electron chi connectivity index (χ2n) is 7.68. The summed E-state index contributed by atoms with van der Waals surface area (Å²) in [5.74, 6) is 0. The van der Waals surface area contributed by atoms with Crippen LogP contribution in [0.5, 0.6) is 0 Å². The summed E-state index contributed by atoms with van der Waals surface area (Å²) in [5.41, 5.74) is 6.14. The zero-order valence-electron chi connectivity index (χ0n) is 15.2. The molecule has 130 valence electrons. The molecular weight excluding hydrogens is 306 g/mol. The smallest absolute Gasteiger partial charge is 0.0710 e. The molecule has 1 aromatic carbocycles. The lowest BCUT2D eigenvalue weighted by molar-refractivity contribution is 0.293. The minimum Gasteiger partial charge on any atom is -0.376 e. The summed E-state index contributed by atoms with van der Waals surface area (Å²) in [4.78, 5) is 4.37. The molecule has 2 N–H and O–H groups in total. The van der Waals surface area contributed by atoms with Crippen molar-refractivity contribution >= 4 is 5.70 Å². The maximum Gasteiger partial charge on any atom is 0.0710 e. The zero-order chi connectivity index (χ0) is 17.4. The first kappa shape index (κ1) is 16.3. The Bertz CT molecular complexity index is 753. The Kier molecular flexibility index (Phi) is 4.12. The number of hydrogen-bond acceptors (Lipinski definition) is 3. The molecule has 3 heterocycles. The van der Waals surface area contributed by atoms with Crippen molar-refractivity contribution in [3.05, 3.63) is 71.6 Å². The molecule has 2 fully saturated rings. The first-order valence-electron chi connectivity index (χ1n) is 9.29. The Morgan fingerprint density at radius 2 is 1.92 bits per heavy atom. The van der Waals surface area contributed by atoms with Gasteiger partial charge >= 0.3 is 0 Å². The number of pyridine rings is 1. The van der Waals surface area contributed by atoms with Crippen molar-refractivity contribution in [2.75, 3.05) is 0 Å². The molecule has 0 amide bonds. The van der Waals surface area contributed by atoms with Crippen LogP contribution in [0.4, 0.5) is 0 Å². The van der Waals surface area contributed by atoms with E-state index in [2.05, 4.69) is 60.3 Å². The highest BCUT2D eigenvalue weighted by atomic mass is 15.1. The molecule has 2 saturated heterocycles. The van der Waals surface area contributed by atoms with Gasteiger partial charge in [-0.05, 0) is 62.3 Å². The highest BCUT2D eigenvalue weighted by Crippen LogP contribution is 2.46. The van der Waals surface area contributed by atoms with E-state index >= 15 is 0 Å². The van der Waals surface area contributed by atoms with E-state index in [4.69, 9.17) is 0 Å². The van der Waals surface area contributed by atoms with Gasteiger partial charge in [0.15, 0.2) is 0 Å². The van der Waals surface area contributed by atoms with E-state index in [1.807, 2.05) is 18.5 Å². The highest BCUT2D eigenvalue weighted by Gasteiger charge is 2.50. The van der Waals surface area contributed by atoms with Crippen LogP contribution in [-0.4, -0.2) is 16.6 Å². The van der Waals surface area contributed by atoms with Gasteiger partial charge < -0.3 is 10.6 Å². The molecule has 0 radical (unpaired) electrons. The van der Waals surface area contributed by atoms with Crippen LogP contribution < -0.4 is 10.6 Å². The highest BCUT2D eigenvalue weighted by molar-refractivity contribution is 5.68. The topological polar surface area (TPSA) is 37.0 Å². The number of fused-ring (bicyclic) bond motifs is 2. The fourth-order valence-electron chi connectivity index (χ4n) is 4.82. The van der Waals surface area contributed by atoms with E-state index in [0.717, 1.165) is 5.70 Å². The number of nitrogens with zero attached hydrogens (tertiary/aromatic N) is 1. The third-order valence-electron chi connectivity index (χ3n) is 6.04. The number of nitrogens with one attached hydrogen (secondary N) is 2. The first-order chi connectivity index (χ1) is 12.1.